The number of hydrogen-bond donors (Lipinski definition) is 1. The van der Waals surface area contributed by atoms with Crippen LogP contribution in [-0.2, 0) is 9.53 Å². The molecule has 0 aromatic heterocycles. The van der Waals surface area contributed by atoms with Crippen LogP contribution in [0.2, 0.25) is 0 Å². The summed E-state index contributed by atoms with van der Waals surface area (Å²) in [6, 6.07) is 0. The Morgan fingerprint density at radius 2 is 1.84 bits per heavy atom. The van der Waals surface area contributed by atoms with Gasteiger partial charge < -0.3 is 4.74 Å². The maximum absolute atomic E-state index is 11.3. The molecule has 19 heavy (non-hydrogen) atoms. The van der Waals surface area contributed by atoms with Crippen molar-refractivity contribution in [2.75, 3.05) is 0 Å². The van der Waals surface area contributed by atoms with Crippen LogP contribution in [0.15, 0.2) is 0 Å². The molecule has 0 fully saturated rings. The monoisotopic (exact) mass is 326 g/mol. The molecule has 2 unspecified atom stereocenters. The van der Waals surface area contributed by atoms with Crippen LogP contribution in [0.3, 0.4) is 0 Å². The standard InChI is InChI=1S/C14H27ClO2S2/c1-3-4-5-6-9-13(19-18)10-7-8-11-14(16)17-12(2)15/h12-13,18H,3-11H2,1-2H3. The molecule has 0 rings (SSSR count). The van der Waals surface area contributed by atoms with Crippen molar-refractivity contribution < 1.29 is 9.53 Å². The van der Waals surface area contributed by atoms with Gasteiger partial charge in [0.15, 0.2) is 5.56 Å². The molecular formula is C14H27ClO2S2. The summed E-state index contributed by atoms with van der Waals surface area (Å²) in [7, 11) is 1.65. The van der Waals surface area contributed by atoms with Gasteiger partial charge in [0.1, 0.15) is 0 Å². The van der Waals surface area contributed by atoms with Crippen LogP contribution < -0.4 is 0 Å². The number of carbonyl (C=O) groups is 1. The van der Waals surface area contributed by atoms with Crippen molar-refractivity contribution in [1.29, 1.82) is 0 Å². The lowest BCUT2D eigenvalue weighted by molar-refractivity contribution is -0.144. The Kier molecular flexibility index (Phi) is 13.8. The summed E-state index contributed by atoms with van der Waals surface area (Å²) < 4.78 is 4.88. The van der Waals surface area contributed by atoms with Gasteiger partial charge in [-0.25, -0.2) is 0 Å². The number of carbonyl (C=O) groups excluding carboxylic acids is 1. The highest BCUT2D eigenvalue weighted by molar-refractivity contribution is 8.68. The molecule has 0 saturated carbocycles. The van der Waals surface area contributed by atoms with Crippen molar-refractivity contribution in [3.8, 4) is 0 Å². The fourth-order valence-corrected chi connectivity index (χ4v) is 3.21. The Balaban J connectivity index is 3.52. The van der Waals surface area contributed by atoms with Gasteiger partial charge >= 0.3 is 5.97 Å². The van der Waals surface area contributed by atoms with E-state index >= 15 is 0 Å². The lowest BCUT2D eigenvalue weighted by Gasteiger charge is -2.13. The van der Waals surface area contributed by atoms with E-state index in [1.54, 1.807) is 17.7 Å². The molecule has 0 N–H and O–H groups in total. The van der Waals surface area contributed by atoms with Crippen molar-refractivity contribution in [2.45, 2.75) is 82.4 Å². The molecule has 0 spiro atoms. The first-order valence-electron chi connectivity index (χ1n) is 7.23. The number of alkyl halides is 1. The van der Waals surface area contributed by atoms with Gasteiger partial charge in [-0.2, -0.15) is 0 Å². The SMILES string of the molecule is CCCCCCC(CCCCC(=O)OC(C)Cl)SS. The zero-order chi connectivity index (χ0) is 14.5. The van der Waals surface area contributed by atoms with Crippen molar-refractivity contribution in [3.05, 3.63) is 0 Å². The van der Waals surface area contributed by atoms with Crippen LogP contribution in [0.4, 0.5) is 0 Å². The van der Waals surface area contributed by atoms with Crippen LogP contribution in [0, 0.1) is 0 Å². The quantitative estimate of drug-likeness (QED) is 0.166. The number of esters is 1. The van der Waals surface area contributed by atoms with E-state index < -0.39 is 5.56 Å². The molecule has 0 aliphatic rings. The lowest BCUT2D eigenvalue weighted by Crippen LogP contribution is -2.09. The van der Waals surface area contributed by atoms with E-state index in [0.29, 0.717) is 11.7 Å². The normalized spacial score (nSPS) is 14.1. The molecule has 2 nitrogen and oxygen atoms in total. The number of thiol groups is 1. The Morgan fingerprint density at radius 1 is 1.21 bits per heavy atom. The number of halogens is 1. The van der Waals surface area contributed by atoms with Gasteiger partial charge in [0, 0.05) is 11.7 Å². The van der Waals surface area contributed by atoms with E-state index in [9.17, 15) is 4.79 Å². The third-order valence-electron chi connectivity index (χ3n) is 2.98. The average molecular weight is 327 g/mol. The second-order valence-electron chi connectivity index (χ2n) is 4.86. The minimum atomic E-state index is -0.521. The van der Waals surface area contributed by atoms with E-state index in [1.165, 1.54) is 32.1 Å². The predicted molar refractivity (Wildman–Crippen MR) is 89.0 cm³/mol. The van der Waals surface area contributed by atoms with Gasteiger partial charge in [0.25, 0.3) is 0 Å². The fourth-order valence-electron chi connectivity index (χ4n) is 1.93. The lowest BCUT2D eigenvalue weighted by atomic mass is 10.1. The van der Waals surface area contributed by atoms with Crippen molar-refractivity contribution in [2.24, 2.45) is 0 Å². The molecule has 0 aliphatic carbocycles. The first-order valence-corrected chi connectivity index (χ1v) is 9.60. The summed E-state index contributed by atoms with van der Waals surface area (Å²) in [4.78, 5) is 11.3. The van der Waals surface area contributed by atoms with E-state index in [0.717, 1.165) is 19.3 Å². The molecule has 0 radical (unpaired) electrons. The molecule has 5 heteroatoms. The van der Waals surface area contributed by atoms with Crippen molar-refractivity contribution in [3.63, 3.8) is 0 Å². The summed E-state index contributed by atoms with van der Waals surface area (Å²) in [5.41, 5.74) is -0.521. The summed E-state index contributed by atoms with van der Waals surface area (Å²) in [5, 5.41) is 0.614. The Morgan fingerprint density at radius 3 is 2.37 bits per heavy atom. The average Bonchev–Trinajstić information content (AvgIpc) is 2.36. The maximum atomic E-state index is 11.3. The molecule has 0 aromatic carbocycles. The molecular weight excluding hydrogens is 300 g/mol. The van der Waals surface area contributed by atoms with E-state index in [-0.39, 0.29) is 5.97 Å². The first-order chi connectivity index (χ1) is 9.10. The van der Waals surface area contributed by atoms with Gasteiger partial charge in [-0.05, 0) is 26.2 Å². The molecule has 2 atom stereocenters. The zero-order valence-corrected chi connectivity index (χ0v) is 14.5. The Hall–Kier alpha value is 0.460. The minimum Gasteiger partial charge on any atom is -0.446 e. The highest BCUT2D eigenvalue weighted by Crippen LogP contribution is 2.26. The Labute approximate surface area is 132 Å². The van der Waals surface area contributed by atoms with Gasteiger partial charge in [-0.1, -0.05) is 61.4 Å². The largest absolute Gasteiger partial charge is 0.446 e. The molecule has 0 saturated heterocycles. The van der Waals surface area contributed by atoms with Crippen LogP contribution in [0.5, 0.6) is 0 Å². The summed E-state index contributed by atoms with van der Waals surface area (Å²) in [5.74, 6) is -0.194. The maximum Gasteiger partial charge on any atom is 0.307 e. The number of hydrogen-bond acceptors (Lipinski definition) is 4. The minimum absolute atomic E-state index is 0.194. The Bertz CT molecular complexity index is 225. The summed E-state index contributed by atoms with van der Waals surface area (Å²) in [6.07, 6.45) is 9.98. The van der Waals surface area contributed by atoms with E-state index in [4.69, 9.17) is 16.3 Å². The summed E-state index contributed by atoms with van der Waals surface area (Å²) >= 11 is 9.92. The molecule has 0 aromatic rings. The third kappa shape index (κ3) is 13.2. The van der Waals surface area contributed by atoms with Crippen LogP contribution >= 0.6 is 34.1 Å². The third-order valence-corrected chi connectivity index (χ3v) is 4.73. The molecule has 0 bridgehead atoms. The highest BCUT2D eigenvalue weighted by atomic mass is 35.5. The number of rotatable bonds is 12. The molecule has 0 amide bonds. The first kappa shape index (κ1) is 19.5. The van der Waals surface area contributed by atoms with Gasteiger partial charge in [0.05, 0.1) is 0 Å². The molecule has 114 valence electrons. The van der Waals surface area contributed by atoms with Gasteiger partial charge in [-0.3, -0.25) is 4.79 Å². The van der Waals surface area contributed by atoms with E-state index in [2.05, 4.69) is 18.6 Å². The molecule has 0 aliphatic heterocycles. The van der Waals surface area contributed by atoms with E-state index in [1.807, 2.05) is 0 Å². The zero-order valence-electron chi connectivity index (χ0n) is 12.1. The molecule has 0 heterocycles. The van der Waals surface area contributed by atoms with Crippen molar-refractivity contribution in [1.82, 2.24) is 0 Å². The summed E-state index contributed by atoms with van der Waals surface area (Å²) in [6.45, 7) is 3.88. The van der Waals surface area contributed by atoms with Crippen LogP contribution in [0.25, 0.3) is 0 Å². The fraction of sp³-hybridized carbons (Fsp3) is 0.929. The number of unbranched alkanes of at least 4 members (excludes halogenated alkanes) is 4. The van der Waals surface area contributed by atoms with Gasteiger partial charge in [-0.15, -0.1) is 11.7 Å². The second kappa shape index (κ2) is 13.4. The number of ether oxygens (including phenoxy) is 1. The smallest absolute Gasteiger partial charge is 0.307 e. The predicted octanol–water partition coefficient (Wildman–Crippen LogP) is 5.59. The second-order valence-corrected chi connectivity index (χ2v) is 6.98. The van der Waals surface area contributed by atoms with Gasteiger partial charge in [0.2, 0.25) is 0 Å². The van der Waals surface area contributed by atoms with Crippen LogP contribution in [0.1, 0.15) is 71.6 Å². The highest BCUT2D eigenvalue weighted by Gasteiger charge is 2.09. The topological polar surface area (TPSA) is 26.3 Å². The van der Waals surface area contributed by atoms with Crippen molar-refractivity contribution >= 4 is 40.0 Å². The van der Waals surface area contributed by atoms with Crippen LogP contribution in [-0.4, -0.2) is 16.8 Å².